The molecule has 1 heterocycles. The Labute approximate surface area is 156 Å². The number of alkyl halides is 3. The van der Waals surface area contributed by atoms with Gasteiger partial charge in [-0.25, -0.2) is 9.78 Å². The highest BCUT2D eigenvalue weighted by atomic mass is 32.1. The van der Waals surface area contributed by atoms with Crippen molar-refractivity contribution < 1.29 is 27.4 Å². The highest BCUT2D eigenvalue weighted by Crippen LogP contribution is 2.33. The van der Waals surface area contributed by atoms with Crippen molar-refractivity contribution >= 4 is 33.3 Å². The maximum absolute atomic E-state index is 12.8. The summed E-state index contributed by atoms with van der Waals surface area (Å²) in [6.45, 7) is 1.93. The lowest BCUT2D eigenvalue weighted by Gasteiger charge is -2.10. The minimum absolute atomic E-state index is 0.129. The fourth-order valence-electron chi connectivity index (χ4n) is 2.38. The zero-order valence-electron chi connectivity index (χ0n) is 14.4. The van der Waals surface area contributed by atoms with E-state index < -0.39 is 17.8 Å². The van der Waals surface area contributed by atoms with E-state index in [2.05, 4.69) is 15.0 Å². The summed E-state index contributed by atoms with van der Waals surface area (Å²) in [6, 6.07) is 8.55. The van der Waals surface area contributed by atoms with Crippen LogP contribution in [0, 0.1) is 6.92 Å². The molecule has 1 amide bonds. The van der Waals surface area contributed by atoms with Crippen LogP contribution in [0.1, 0.15) is 16.1 Å². The van der Waals surface area contributed by atoms with E-state index in [1.54, 1.807) is 25.1 Å². The third-order valence-electron chi connectivity index (χ3n) is 3.74. The third kappa shape index (κ3) is 4.48. The van der Waals surface area contributed by atoms with Crippen molar-refractivity contribution in [3.8, 4) is 5.75 Å². The Bertz CT molecular complexity index is 986. The second-order valence-electron chi connectivity index (χ2n) is 5.67. The predicted octanol–water partition coefficient (Wildman–Crippen LogP) is 5.38. The van der Waals surface area contributed by atoms with Gasteiger partial charge in [0.1, 0.15) is 17.4 Å². The second-order valence-corrected chi connectivity index (χ2v) is 6.79. The fraction of sp³-hybridized carbons (Fsp3) is 0.222. The number of amides is 1. The molecule has 0 fully saturated rings. The van der Waals surface area contributed by atoms with Crippen molar-refractivity contribution in [3.05, 3.63) is 52.5 Å². The summed E-state index contributed by atoms with van der Waals surface area (Å²) in [7, 11) is 1.28. The summed E-state index contributed by atoms with van der Waals surface area (Å²) in [6.07, 6.45) is -4.95. The number of ether oxygens (including phenoxy) is 2. The molecule has 5 nitrogen and oxygen atoms in total. The van der Waals surface area contributed by atoms with E-state index in [9.17, 15) is 18.0 Å². The number of thiazole rings is 1. The van der Waals surface area contributed by atoms with Crippen LogP contribution in [0.4, 0.5) is 23.7 Å². The van der Waals surface area contributed by atoms with Gasteiger partial charge in [-0.3, -0.25) is 5.32 Å². The van der Waals surface area contributed by atoms with E-state index in [1.807, 2.05) is 0 Å². The first kappa shape index (κ1) is 19.0. The molecule has 0 atom stereocenters. The zero-order chi connectivity index (χ0) is 19.6. The fourth-order valence-corrected chi connectivity index (χ4v) is 3.30. The average molecular weight is 396 g/mol. The molecule has 1 aromatic heterocycles. The van der Waals surface area contributed by atoms with E-state index in [0.717, 1.165) is 29.0 Å². The van der Waals surface area contributed by atoms with Gasteiger partial charge in [-0.1, -0.05) is 0 Å². The van der Waals surface area contributed by atoms with Crippen molar-refractivity contribution in [1.29, 1.82) is 0 Å². The van der Waals surface area contributed by atoms with Crippen LogP contribution >= 0.6 is 11.3 Å². The van der Waals surface area contributed by atoms with Gasteiger partial charge in [0, 0.05) is 5.69 Å². The Balaban J connectivity index is 1.71. The smallest absolute Gasteiger partial charge is 0.416 e. The number of hydrogen-bond donors (Lipinski definition) is 1. The van der Waals surface area contributed by atoms with Gasteiger partial charge >= 0.3 is 12.3 Å². The average Bonchev–Trinajstić information content (AvgIpc) is 3.03. The lowest BCUT2D eigenvalue weighted by Crippen LogP contribution is -2.11. The third-order valence-corrected chi connectivity index (χ3v) is 4.73. The van der Waals surface area contributed by atoms with Crippen LogP contribution in [0.3, 0.4) is 0 Å². The number of rotatable bonds is 4. The lowest BCUT2D eigenvalue weighted by molar-refractivity contribution is -0.137. The number of carbonyl (C=O) groups excluding carboxylic acids is 1. The molecule has 3 rings (SSSR count). The molecule has 9 heteroatoms. The SMILES string of the molecule is COC(=O)Nc1ccc(OCc2nc3ccc(C(F)(F)F)cc3s2)cc1C. The van der Waals surface area contributed by atoms with Gasteiger partial charge in [0.15, 0.2) is 0 Å². The first-order valence-electron chi connectivity index (χ1n) is 7.81. The molecule has 0 radical (unpaired) electrons. The standard InChI is InChI=1S/C18H15F3N2O3S/c1-10-7-12(4-6-13(10)23-17(24)25-2)26-9-16-22-14-5-3-11(18(19,20)21)8-15(14)27-16/h3-8H,9H2,1-2H3,(H,23,24). The van der Waals surface area contributed by atoms with E-state index in [-0.39, 0.29) is 6.61 Å². The van der Waals surface area contributed by atoms with Crippen LogP contribution in [-0.2, 0) is 17.5 Å². The van der Waals surface area contributed by atoms with Gasteiger partial charge in [0.05, 0.1) is 22.9 Å². The first-order valence-corrected chi connectivity index (χ1v) is 8.63. The number of halogens is 3. The van der Waals surface area contributed by atoms with E-state index in [0.29, 0.717) is 26.7 Å². The normalized spacial score (nSPS) is 11.4. The summed E-state index contributed by atoms with van der Waals surface area (Å²) in [5.74, 6) is 0.554. The molecule has 27 heavy (non-hydrogen) atoms. The monoisotopic (exact) mass is 396 g/mol. The van der Waals surface area contributed by atoms with Gasteiger partial charge in [0.2, 0.25) is 0 Å². The largest absolute Gasteiger partial charge is 0.486 e. The molecule has 0 unspecified atom stereocenters. The minimum atomic E-state index is -4.38. The van der Waals surface area contributed by atoms with Crippen LogP contribution in [0.5, 0.6) is 5.75 Å². The number of methoxy groups -OCH3 is 1. The number of anilines is 1. The number of aryl methyl sites for hydroxylation is 1. The second kappa shape index (κ2) is 7.43. The van der Waals surface area contributed by atoms with Crippen LogP contribution in [0.25, 0.3) is 10.2 Å². The molecule has 0 aliphatic heterocycles. The van der Waals surface area contributed by atoms with Crippen LogP contribution in [0.15, 0.2) is 36.4 Å². The van der Waals surface area contributed by atoms with Gasteiger partial charge in [0.25, 0.3) is 0 Å². The summed E-state index contributed by atoms with van der Waals surface area (Å²) in [5.41, 5.74) is 1.17. The predicted molar refractivity (Wildman–Crippen MR) is 96.2 cm³/mol. The number of nitrogens with one attached hydrogen (secondary N) is 1. The van der Waals surface area contributed by atoms with Crippen LogP contribution in [-0.4, -0.2) is 18.2 Å². The molecule has 0 saturated heterocycles. The maximum atomic E-state index is 12.8. The molecular weight excluding hydrogens is 381 g/mol. The Morgan fingerprint density at radius 1 is 1.22 bits per heavy atom. The van der Waals surface area contributed by atoms with Crippen molar-refractivity contribution in [1.82, 2.24) is 4.98 Å². The van der Waals surface area contributed by atoms with E-state index >= 15 is 0 Å². The zero-order valence-corrected chi connectivity index (χ0v) is 15.2. The Hall–Kier alpha value is -2.81. The lowest BCUT2D eigenvalue weighted by atomic mass is 10.2. The number of aromatic nitrogens is 1. The number of carbonyl (C=O) groups is 1. The molecule has 0 spiro atoms. The van der Waals surface area contributed by atoms with Gasteiger partial charge < -0.3 is 9.47 Å². The maximum Gasteiger partial charge on any atom is 0.416 e. The Morgan fingerprint density at radius 3 is 2.67 bits per heavy atom. The molecule has 1 N–H and O–H groups in total. The highest BCUT2D eigenvalue weighted by molar-refractivity contribution is 7.18. The van der Waals surface area contributed by atoms with Crippen molar-refractivity contribution in [2.45, 2.75) is 19.7 Å². The van der Waals surface area contributed by atoms with Crippen LogP contribution < -0.4 is 10.1 Å². The summed E-state index contributed by atoms with van der Waals surface area (Å²) in [5, 5.41) is 3.15. The Kier molecular flexibility index (Phi) is 5.22. The van der Waals surface area contributed by atoms with Crippen molar-refractivity contribution in [2.24, 2.45) is 0 Å². The quantitative estimate of drug-likeness (QED) is 0.643. The van der Waals surface area contributed by atoms with Gasteiger partial charge in [-0.05, 0) is 48.9 Å². The van der Waals surface area contributed by atoms with Crippen LogP contribution in [0.2, 0.25) is 0 Å². The molecule has 0 aliphatic carbocycles. The Morgan fingerprint density at radius 2 is 2.00 bits per heavy atom. The number of hydrogen-bond acceptors (Lipinski definition) is 5. The highest BCUT2D eigenvalue weighted by Gasteiger charge is 2.30. The van der Waals surface area contributed by atoms with Gasteiger partial charge in [-0.15, -0.1) is 11.3 Å². The number of fused-ring (bicyclic) bond motifs is 1. The molecule has 0 bridgehead atoms. The molecule has 3 aromatic rings. The first-order chi connectivity index (χ1) is 12.8. The summed E-state index contributed by atoms with van der Waals surface area (Å²) >= 11 is 1.16. The van der Waals surface area contributed by atoms with E-state index in [1.165, 1.54) is 13.2 Å². The topological polar surface area (TPSA) is 60.5 Å². The summed E-state index contributed by atoms with van der Waals surface area (Å²) in [4.78, 5) is 15.6. The molecule has 0 saturated carbocycles. The summed E-state index contributed by atoms with van der Waals surface area (Å²) < 4.78 is 49.0. The minimum Gasteiger partial charge on any atom is -0.486 e. The van der Waals surface area contributed by atoms with Crippen molar-refractivity contribution in [3.63, 3.8) is 0 Å². The van der Waals surface area contributed by atoms with Gasteiger partial charge in [-0.2, -0.15) is 13.2 Å². The molecule has 0 aliphatic rings. The van der Waals surface area contributed by atoms with E-state index in [4.69, 9.17) is 4.74 Å². The molecule has 142 valence electrons. The number of nitrogens with zero attached hydrogens (tertiary/aromatic N) is 1. The van der Waals surface area contributed by atoms with Crippen molar-refractivity contribution in [2.75, 3.05) is 12.4 Å². The number of benzene rings is 2. The molecule has 2 aromatic carbocycles. The molecular formula is C18H15F3N2O3S.